The summed E-state index contributed by atoms with van der Waals surface area (Å²) in [6, 6.07) is -0.971. The van der Waals surface area contributed by atoms with Crippen molar-refractivity contribution in [2.45, 2.75) is 426 Å². The van der Waals surface area contributed by atoms with Crippen LogP contribution in [0.15, 0.2) is 48.6 Å². The molecule has 0 aliphatic carbocycles. The van der Waals surface area contributed by atoms with E-state index in [1.165, 1.54) is 238 Å². The second-order valence-corrected chi connectivity index (χ2v) is 28.9. The zero-order valence-electron chi connectivity index (χ0n) is 62.0. The lowest BCUT2D eigenvalue weighted by Crippen LogP contribution is -2.66. The average molecular weight is 1410 g/mol. The lowest BCUT2D eigenvalue weighted by molar-refractivity contribution is -0.379. The van der Waals surface area contributed by atoms with Crippen LogP contribution in [0.2, 0.25) is 0 Å². The largest absolute Gasteiger partial charge is 0.394 e. The van der Waals surface area contributed by atoms with Gasteiger partial charge in [-0.15, -0.1) is 0 Å². The van der Waals surface area contributed by atoms with Gasteiger partial charge in [0.15, 0.2) is 18.9 Å². The highest BCUT2D eigenvalue weighted by Crippen LogP contribution is 2.33. The van der Waals surface area contributed by atoms with Gasteiger partial charge in [-0.05, 0) is 57.8 Å². The number of carbonyl (C=O) groups excluding carboxylic acids is 1. The van der Waals surface area contributed by atoms with Crippen molar-refractivity contribution in [1.82, 2.24) is 5.32 Å². The van der Waals surface area contributed by atoms with Crippen LogP contribution < -0.4 is 5.32 Å². The van der Waals surface area contributed by atoms with E-state index in [4.69, 9.17) is 28.4 Å². The fourth-order valence-electron chi connectivity index (χ4n) is 13.6. The quantitative estimate of drug-likeness (QED) is 0.0199. The predicted molar refractivity (Wildman–Crippen MR) is 392 cm³/mol. The molecule has 0 spiro atoms. The Bertz CT molecular complexity index is 1980. The van der Waals surface area contributed by atoms with Gasteiger partial charge in [0.1, 0.15) is 73.2 Å². The first-order valence-electron chi connectivity index (χ1n) is 40.4. The molecule has 0 aromatic rings. The Morgan fingerprint density at radius 2 is 0.667 bits per heavy atom. The smallest absolute Gasteiger partial charge is 0.220 e. The maximum atomic E-state index is 13.4. The summed E-state index contributed by atoms with van der Waals surface area (Å²) in [5, 5.41) is 121. The number of allylic oxidation sites excluding steroid dienone is 7. The second-order valence-electron chi connectivity index (χ2n) is 28.9. The van der Waals surface area contributed by atoms with Crippen molar-refractivity contribution in [3.05, 3.63) is 48.6 Å². The molecule has 3 fully saturated rings. The fraction of sp³-hybridized carbons (Fsp3) is 0.887. The Balaban J connectivity index is 1.26. The first-order valence-corrected chi connectivity index (χ1v) is 40.4. The summed E-state index contributed by atoms with van der Waals surface area (Å²) in [6.07, 6.45) is 50.0. The summed E-state index contributed by atoms with van der Waals surface area (Å²) in [4.78, 5) is 13.4. The van der Waals surface area contributed by atoms with Crippen molar-refractivity contribution in [2.75, 3.05) is 26.4 Å². The van der Waals surface area contributed by atoms with E-state index in [0.29, 0.717) is 6.42 Å². The van der Waals surface area contributed by atoms with E-state index in [9.17, 15) is 61.0 Å². The Morgan fingerprint density at radius 1 is 0.364 bits per heavy atom. The van der Waals surface area contributed by atoms with Crippen molar-refractivity contribution in [3.63, 3.8) is 0 Å². The predicted octanol–water partition coefficient (Wildman–Crippen LogP) is 13.3. The van der Waals surface area contributed by atoms with Crippen molar-refractivity contribution < 1.29 is 89.4 Å². The molecule has 3 aliphatic heterocycles. The third kappa shape index (κ3) is 41.3. The molecular weight excluding hydrogens is 1260 g/mol. The second kappa shape index (κ2) is 61.0. The average Bonchev–Trinajstić information content (AvgIpc) is 0.785. The minimum Gasteiger partial charge on any atom is -0.394 e. The highest BCUT2D eigenvalue weighted by molar-refractivity contribution is 5.76. The summed E-state index contributed by atoms with van der Waals surface area (Å²) >= 11 is 0. The standard InChI is InChI=1S/C80H147NO18/c1-3-5-7-9-11-13-15-17-18-19-20-21-22-23-24-25-26-27-28-29-30-31-32-33-34-35-36-37-38-39-40-41-42-43-44-46-48-50-52-54-56-58-68(86)81-63(64(85)57-55-53-51-49-47-45-16-14-12-10-8-6-4-2)62-94-78-74(92)71(89)76(66(60-83)96-78)99-80-75(93)72(90)77(67(61-84)97-80)98-79-73(91)70(88)69(87)65(59-82)95-79/h15,17,19-20,22-23,55,57,63-67,69-80,82-85,87-93H,3-14,16,18,21,24-54,56,58-62H2,1-2H3,(H,81,86)/b17-15-,20-19-,23-22-,57-55+. The Labute approximate surface area is 599 Å². The summed E-state index contributed by atoms with van der Waals surface area (Å²) < 4.78 is 34.4. The van der Waals surface area contributed by atoms with E-state index in [-0.39, 0.29) is 18.9 Å². The number of ether oxygens (including phenoxy) is 6. The topological polar surface area (TPSA) is 307 Å². The van der Waals surface area contributed by atoms with E-state index < -0.39 is 124 Å². The maximum Gasteiger partial charge on any atom is 0.220 e. The first kappa shape index (κ1) is 91.0. The molecule has 17 atom stereocenters. The molecule has 0 aromatic heterocycles. The third-order valence-electron chi connectivity index (χ3n) is 20.1. The van der Waals surface area contributed by atoms with E-state index >= 15 is 0 Å². The van der Waals surface area contributed by atoms with Gasteiger partial charge in [0.2, 0.25) is 5.91 Å². The molecule has 99 heavy (non-hydrogen) atoms. The highest BCUT2D eigenvalue weighted by Gasteiger charge is 2.54. The number of nitrogens with one attached hydrogen (secondary N) is 1. The molecule has 3 aliphatic rings. The highest BCUT2D eigenvalue weighted by atomic mass is 16.8. The third-order valence-corrected chi connectivity index (χ3v) is 20.1. The van der Waals surface area contributed by atoms with Crippen molar-refractivity contribution in [2.24, 2.45) is 0 Å². The van der Waals surface area contributed by atoms with E-state index in [0.717, 1.165) is 57.8 Å². The van der Waals surface area contributed by atoms with Crippen molar-refractivity contribution in [1.29, 1.82) is 0 Å². The number of aliphatic hydroxyl groups excluding tert-OH is 11. The SMILES string of the molecule is CCCCCCC/C=C\C/C=C\C/C=C\CCCCCCCCCCCCCCCCCCCCCCCCCCCCC(=O)NC(COC1OC(CO)C(OC2OC(CO)C(OC3OC(CO)C(O)C(O)C3O)C(O)C2O)C(O)C1O)C(O)/C=C/CCCCCCCCCCCCC. The van der Waals surface area contributed by atoms with Crippen LogP contribution in [0.25, 0.3) is 0 Å². The molecule has 580 valence electrons. The van der Waals surface area contributed by atoms with Crippen LogP contribution in [0.1, 0.15) is 322 Å². The first-order chi connectivity index (χ1) is 48.3. The van der Waals surface area contributed by atoms with Gasteiger partial charge in [0.25, 0.3) is 0 Å². The van der Waals surface area contributed by atoms with Crippen LogP contribution >= 0.6 is 0 Å². The number of hydrogen-bond donors (Lipinski definition) is 12. The van der Waals surface area contributed by atoms with Crippen molar-refractivity contribution >= 4 is 5.91 Å². The molecule has 17 unspecified atom stereocenters. The Hall–Kier alpha value is -2.25. The van der Waals surface area contributed by atoms with E-state index in [1.54, 1.807) is 6.08 Å². The molecular formula is C80H147NO18. The van der Waals surface area contributed by atoms with Crippen LogP contribution in [0, 0.1) is 0 Å². The van der Waals surface area contributed by atoms with Gasteiger partial charge in [-0.1, -0.05) is 306 Å². The number of rotatable bonds is 64. The van der Waals surface area contributed by atoms with Crippen LogP contribution in [-0.2, 0) is 33.2 Å². The van der Waals surface area contributed by atoms with Gasteiger partial charge in [-0.3, -0.25) is 4.79 Å². The number of amides is 1. The lowest BCUT2D eigenvalue weighted by atomic mass is 9.96. The number of unbranched alkanes of at least 4 members (excludes halogenated alkanes) is 42. The summed E-state index contributed by atoms with van der Waals surface area (Å²) in [6.45, 7) is 1.74. The van der Waals surface area contributed by atoms with Gasteiger partial charge < -0.3 is 89.9 Å². The zero-order valence-corrected chi connectivity index (χ0v) is 62.0. The van der Waals surface area contributed by atoms with Crippen LogP contribution in [0.3, 0.4) is 0 Å². The van der Waals surface area contributed by atoms with Crippen LogP contribution in [0.5, 0.6) is 0 Å². The molecule has 0 bridgehead atoms. The number of carbonyl (C=O) groups is 1. The molecule has 19 nitrogen and oxygen atoms in total. The molecule has 0 saturated carbocycles. The normalized spacial score (nSPS) is 26.8. The van der Waals surface area contributed by atoms with Gasteiger partial charge in [0, 0.05) is 6.42 Å². The number of aliphatic hydroxyl groups is 11. The Kier molecular flexibility index (Phi) is 56.0. The molecule has 1 amide bonds. The van der Waals surface area contributed by atoms with Crippen molar-refractivity contribution in [3.8, 4) is 0 Å². The van der Waals surface area contributed by atoms with E-state index in [1.807, 2.05) is 6.08 Å². The molecule has 0 radical (unpaired) electrons. The Morgan fingerprint density at radius 3 is 1.04 bits per heavy atom. The van der Waals surface area contributed by atoms with E-state index in [2.05, 4.69) is 55.6 Å². The molecule has 12 N–H and O–H groups in total. The van der Waals surface area contributed by atoms with Crippen LogP contribution in [-0.4, -0.2) is 193 Å². The fourth-order valence-corrected chi connectivity index (χ4v) is 13.6. The minimum atomic E-state index is -1.98. The van der Waals surface area contributed by atoms with Gasteiger partial charge in [-0.2, -0.15) is 0 Å². The zero-order chi connectivity index (χ0) is 71.8. The summed E-state index contributed by atoms with van der Waals surface area (Å²) in [5.41, 5.74) is 0. The summed E-state index contributed by atoms with van der Waals surface area (Å²) in [7, 11) is 0. The summed E-state index contributed by atoms with van der Waals surface area (Å²) in [5.74, 6) is -0.271. The molecule has 3 heterocycles. The van der Waals surface area contributed by atoms with Gasteiger partial charge in [-0.25, -0.2) is 0 Å². The molecule has 3 saturated heterocycles. The van der Waals surface area contributed by atoms with Crippen LogP contribution in [0.4, 0.5) is 0 Å². The monoisotopic (exact) mass is 1410 g/mol. The molecule has 19 heteroatoms. The molecule has 3 rings (SSSR count). The molecule has 0 aromatic carbocycles. The van der Waals surface area contributed by atoms with Gasteiger partial charge >= 0.3 is 0 Å². The number of hydrogen-bond acceptors (Lipinski definition) is 18. The van der Waals surface area contributed by atoms with Gasteiger partial charge in [0.05, 0.1) is 38.6 Å². The maximum absolute atomic E-state index is 13.4. The minimum absolute atomic E-state index is 0.247. The lowest BCUT2D eigenvalue weighted by Gasteiger charge is -2.48.